The van der Waals surface area contributed by atoms with Gasteiger partial charge in [0.15, 0.2) is 0 Å². The van der Waals surface area contributed by atoms with Crippen LogP contribution in [-0.4, -0.2) is 28.6 Å². The number of hydrogen-bond acceptors (Lipinski definition) is 4. The third-order valence-electron chi connectivity index (χ3n) is 2.58. The van der Waals surface area contributed by atoms with E-state index in [0.29, 0.717) is 6.54 Å². The SMILES string of the molecule is CN(Cc1cscn1)CC(O)c1ccccc1. The third-order valence-corrected chi connectivity index (χ3v) is 3.22. The van der Waals surface area contributed by atoms with Crippen LogP contribution < -0.4 is 0 Å². The first-order chi connectivity index (χ1) is 8.25. The molecular weight excluding hydrogens is 232 g/mol. The highest BCUT2D eigenvalue weighted by atomic mass is 32.1. The molecule has 2 aromatic rings. The van der Waals surface area contributed by atoms with Crippen LogP contribution in [0.25, 0.3) is 0 Å². The smallest absolute Gasteiger partial charge is 0.0916 e. The lowest BCUT2D eigenvalue weighted by Crippen LogP contribution is -2.24. The highest BCUT2D eigenvalue weighted by molar-refractivity contribution is 7.07. The normalized spacial score (nSPS) is 12.9. The van der Waals surface area contributed by atoms with Gasteiger partial charge in [-0.1, -0.05) is 30.3 Å². The highest BCUT2D eigenvalue weighted by Crippen LogP contribution is 2.14. The monoisotopic (exact) mass is 248 g/mol. The lowest BCUT2D eigenvalue weighted by atomic mass is 10.1. The van der Waals surface area contributed by atoms with Gasteiger partial charge in [-0.2, -0.15) is 0 Å². The van der Waals surface area contributed by atoms with Gasteiger partial charge in [-0.3, -0.25) is 4.90 Å². The van der Waals surface area contributed by atoms with Crippen molar-refractivity contribution in [1.29, 1.82) is 0 Å². The van der Waals surface area contributed by atoms with Crippen molar-refractivity contribution in [3.8, 4) is 0 Å². The minimum Gasteiger partial charge on any atom is -0.387 e. The number of benzene rings is 1. The molecule has 0 bridgehead atoms. The van der Waals surface area contributed by atoms with E-state index in [9.17, 15) is 5.11 Å². The first kappa shape index (κ1) is 12.2. The first-order valence-electron chi connectivity index (χ1n) is 5.54. The largest absolute Gasteiger partial charge is 0.387 e. The summed E-state index contributed by atoms with van der Waals surface area (Å²) in [6.45, 7) is 1.38. The second kappa shape index (κ2) is 5.91. The minimum atomic E-state index is -0.445. The number of aromatic nitrogens is 1. The Morgan fingerprint density at radius 3 is 2.76 bits per heavy atom. The lowest BCUT2D eigenvalue weighted by molar-refractivity contribution is 0.123. The number of aliphatic hydroxyl groups excluding tert-OH is 1. The molecule has 0 aliphatic heterocycles. The molecule has 3 nitrogen and oxygen atoms in total. The Morgan fingerprint density at radius 2 is 2.12 bits per heavy atom. The molecule has 0 aliphatic rings. The molecule has 0 aliphatic carbocycles. The van der Waals surface area contributed by atoms with Gasteiger partial charge in [0.2, 0.25) is 0 Å². The van der Waals surface area contributed by atoms with E-state index in [2.05, 4.69) is 9.88 Å². The Balaban J connectivity index is 1.88. The summed E-state index contributed by atoms with van der Waals surface area (Å²) in [5, 5.41) is 12.1. The van der Waals surface area contributed by atoms with Crippen LogP contribution in [0.4, 0.5) is 0 Å². The molecule has 17 heavy (non-hydrogen) atoms. The Kier molecular flexibility index (Phi) is 4.25. The summed E-state index contributed by atoms with van der Waals surface area (Å²) >= 11 is 1.60. The fraction of sp³-hybridized carbons (Fsp3) is 0.308. The molecule has 0 fully saturated rings. The van der Waals surface area contributed by atoms with E-state index >= 15 is 0 Å². The average Bonchev–Trinajstić information content (AvgIpc) is 2.82. The van der Waals surface area contributed by atoms with Crippen LogP contribution in [0, 0.1) is 0 Å². The summed E-state index contributed by atoms with van der Waals surface area (Å²) in [5.41, 5.74) is 3.84. The Hall–Kier alpha value is -1.23. The average molecular weight is 248 g/mol. The van der Waals surface area contributed by atoms with Gasteiger partial charge in [-0.05, 0) is 12.6 Å². The van der Waals surface area contributed by atoms with Gasteiger partial charge in [-0.25, -0.2) is 4.98 Å². The van der Waals surface area contributed by atoms with Gasteiger partial charge in [0, 0.05) is 18.5 Å². The summed E-state index contributed by atoms with van der Waals surface area (Å²) in [6.07, 6.45) is -0.445. The van der Waals surface area contributed by atoms with Crippen LogP contribution in [0.5, 0.6) is 0 Å². The van der Waals surface area contributed by atoms with E-state index < -0.39 is 6.10 Å². The van der Waals surface area contributed by atoms with Crippen molar-refractivity contribution < 1.29 is 5.11 Å². The van der Waals surface area contributed by atoms with Crippen molar-refractivity contribution in [1.82, 2.24) is 9.88 Å². The summed E-state index contributed by atoms with van der Waals surface area (Å²) in [7, 11) is 1.99. The highest BCUT2D eigenvalue weighted by Gasteiger charge is 2.10. The maximum atomic E-state index is 10.1. The van der Waals surface area contributed by atoms with Crippen molar-refractivity contribution in [3.05, 3.63) is 52.5 Å². The van der Waals surface area contributed by atoms with Gasteiger partial charge in [0.1, 0.15) is 0 Å². The van der Waals surface area contributed by atoms with E-state index in [4.69, 9.17) is 0 Å². The van der Waals surface area contributed by atoms with E-state index in [-0.39, 0.29) is 0 Å². The van der Waals surface area contributed by atoms with Crippen molar-refractivity contribution in [2.24, 2.45) is 0 Å². The summed E-state index contributed by atoms with van der Waals surface area (Å²) in [4.78, 5) is 6.31. The van der Waals surface area contributed by atoms with Crippen molar-refractivity contribution in [2.75, 3.05) is 13.6 Å². The van der Waals surface area contributed by atoms with Gasteiger partial charge < -0.3 is 5.11 Å². The molecule has 0 saturated heterocycles. The number of rotatable bonds is 5. The summed E-state index contributed by atoms with van der Waals surface area (Å²) in [5.74, 6) is 0. The van der Waals surface area contributed by atoms with Crippen LogP contribution in [0.2, 0.25) is 0 Å². The molecule has 4 heteroatoms. The number of nitrogens with zero attached hydrogens (tertiary/aromatic N) is 2. The second-order valence-electron chi connectivity index (χ2n) is 4.10. The standard InChI is InChI=1S/C13H16N2OS/c1-15(7-12-9-17-10-14-12)8-13(16)11-5-3-2-4-6-11/h2-6,9-10,13,16H,7-8H2,1H3. The molecule has 90 valence electrons. The zero-order valence-corrected chi connectivity index (χ0v) is 10.6. The quantitative estimate of drug-likeness (QED) is 0.882. The summed E-state index contributed by atoms with van der Waals surface area (Å²) in [6, 6.07) is 9.73. The first-order valence-corrected chi connectivity index (χ1v) is 6.48. The molecule has 0 radical (unpaired) electrons. The van der Waals surface area contributed by atoms with E-state index in [0.717, 1.165) is 17.8 Å². The fourth-order valence-electron chi connectivity index (χ4n) is 1.73. The van der Waals surface area contributed by atoms with Gasteiger partial charge in [0.05, 0.1) is 17.3 Å². The molecule has 1 N–H and O–H groups in total. The van der Waals surface area contributed by atoms with Crippen LogP contribution in [0.3, 0.4) is 0 Å². The van der Waals surface area contributed by atoms with Crippen molar-refractivity contribution in [3.63, 3.8) is 0 Å². The van der Waals surface area contributed by atoms with E-state index in [1.807, 2.05) is 48.3 Å². The molecule has 0 amide bonds. The predicted molar refractivity (Wildman–Crippen MR) is 69.8 cm³/mol. The minimum absolute atomic E-state index is 0.445. The van der Waals surface area contributed by atoms with Gasteiger partial charge >= 0.3 is 0 Å². The number of hydrogen-bond donors (Lipinski definition) is 1. The predicted octanol–water partition coefficient (Wildman–Crippen LogP) is 2.31. The fourth-order valence-corrected chi connectivity index (χ4v) is 2.28. The van der Waals surface area contributed by atoms with Crippen LogP contribution in [-0.2, 0) is 6.54 Å². The van der Waals surface area contributed by atoms with Gasteiger partial charge in [0.25, 0.3) is 0 Å². The third kappa shape index (κ3) is 3.63. The number of aliphatic hydroxyl groups is 1. The second-order valence-corrected chi connectivity index (χ2v) is 4.82. The zero-order chi connectivity index (χ0) is 12.1. The maximum Gasteiger partial charge on any atom is 0.0916 e. The van der Waals surface area contributed by atoms with E-state index in [1.54, 1.807) is 11.3 Å². The van der Waals surface area contributed by atoms with Crippen LogP contribution >= 0.6 is 11.3 Å². The maximum absolute atomic E-state index is 10.1. The van der Waals surface area contributed by atoms with E-state index in [1.165, 1.54) is 0 Å². The molecule has 2 rings (SSSR count). The van der Waals surface area contributed by atoms with Crippen molar-refractivity contribution >= 4 is 11.3 Å². The molecule has 1 heterocycles. The topological polar surface area (TPSA) is 36.4 Å². The van der Waals surface area contributed by atoms with Gasteiger partial charge in [-0.15, -0.1) is 11.3 Å². The molecule has 1 aromatic carbocycles. The Labute approximate surface area is 105 Å². The number of likely N-dealkylation sites (N-methyl/N-ethyl adjacent to an activating group) is 1. The number of thiazole rings is 1. The summed E-state index contributed by atoms with van der Waals surface area (Å²) < 4.78 is 0. The molecule has 0 saturated carbocycles. The zero-order valence-electron chi connectivity index (χ0n) is 9.78. The lowest BCUT2D eigenvalue weighted by Gasteiger charge is -2.19. The Morgan fingerprint density at radius 1 is 1.35 bits per heavy atom. The van der Waals surface area contributed by atoms with Crippen molar-refractivity contribution in [2.45, 2.75) is 12.6 Å². The molecular formula is C13H16N2OS. The van der Waals surface area contributed by atoms with Crippen LogP contribution in [0.1, 0.15) is 17.4 Å². The molecule has 0 spiro atoms. The molecule has 1 atom stereocenters. The Bertz CT molecular complexity index is 430. The molecule has 1 unspecified atom stereocenters. The molecule has 1 aromatic heterocycles. The van der Waals surface area contributed by atoms with Crippen LogP contribution in [0.15, 0.2) is 41.2 Å².